The van der Waals surface area contributed by atoms with Gasteiger partial charge in [-0.25, -0.2) is 0 Å². The second-order valence-electron chi connectivity index (χ2n) is 5.14. The summed E-state index contributed by atoms with van der Waals surface area (Å²) in [5.74, 6) is 1.31. The van der Waals surface area contributed by atoms with Gasteiger partial charge in [0.05, 0.1) is 6.26 Å². The van der Waals surface area contributed by atoms with Gasteiger partial charge < -0.3 is 9.73 Å². The van der Waals surface area contributed by atoms with Crippen molar-refractivity contribution >= 4 is 5.91 Å². The summed E-state index contributed by atoms with van der Waals surface area (Å²) < 4.78 is 5.26. The molecule has 1 aliphatic carbocycles. The zero-order chi connectivity index (χ0) is 13.2. The first-order chi connectivity index (χ1) is 9.22. The second-order valence-corrected chi connectivity index (χ2v) is 5.14. The van der Waals surface area contributed by atoms with Gasteiger partial charge in [-0.15, -0.1) is 0 Å². The minimum absolute atomic E-state index is 0.0136. The standard InChI is InChI=1S/C14H17N3O2/c1-9(7-11-3-2-6-19-11)15-14(18)13-8-12(16-17-13)10-4-5-10/h2-3,6,8-10H,4-5,7H2,1H3,(H,15,18)(H,16,17). The molecule has 0 radical (unpaired) electrons. The predicted octanol–water partition coefficient (Wildman–Crippen LogP) is 2.24. The van der Waals surface area contributed by atoms with Gasteiger partial charge in [-0.05, 0) is 38.0 Å². The van der Waals surface area contributed by atoms with Gasteiger partial charge in [0.2, 0.25) is 0 Å². The van der Waals surface area contributed by atoms with Crippen molar-refractivity contribution in [3.05, 3.63) is 41.6 Å². The number of carbonyl (C=O) groups is 1. The Balaban J connectivity index is 1.57. The molecule has 3 rings (SSSR count). The molecule has 19 heavy (non-hydrogen) atoms. The number of furan rings is 1. The lowest BCUT2D eigenvalue weighted by Gasteiger charge is -2.10. The molecule has 1 aliphatic rings. The Kier molecular flexibility index (Phi) is 3.11. The van der Waals surface area contributed by atoms with Gasteiger partial charge in [0.25, 0.3) is 5.91 Å². The molecule has 2 aromatic heterocycles. The van der Waals surface area contributed by atoms with E-state index >= 15 is 0 Å². The highest BCUT2D eigenvalue weighted by Crippen LogP contribution is 2.38. The van der Waals surface area contributed by atoms with Crippen LogP contribution in [0.3, 0.4) is 0 Å². The highest BCUT2D eigenvalue weighted by Gasteiger charge is 2.26. The second kappa shape index (κ2) is 4.91. The summed E-state index contributed by atoms with van der Waals surface area (Å²) >= 11 is 0. The topological polar surface area (TPSA) is 70.9 Å². The van der Waals surface area contributed by atoms with Gasteiger partial charge >= 0.3 is 0 Å². The van der Waals surface area contributed by atoms with Crippen LogP contribution in [0.25, 0.3) is 0 Å². The molecule has 5 heteroatoms. The molecule has 1 unspecified atom stereocenters. The molecule has 2 heterocycles. The van der Waals surface area contributed by atoms with Gasteiger partial charge in [0, 0.05) is 24.1 Å². The Labute approximate surface area is 111 Å². The maximum Gasteiger partial charge on any atom is 0.271 e. The van der Waals surface area contributed by atoms with Gasteiger partial charge in [0.1, 0.15) is 11.5 Å². The molecule has 2 N–H and O–H groups in total. The van der Waals surface area contributed by atoms with Gasteiger partial charge in [0.15, 0.2) is 0 Å². The van der Waals surface area contributed by atoms with E-state index in [1.807, 2.05) is 25.1 Å². The first-order valence-electron chi connectivity index (χ1n) is 6.61. The van der Waals surface area contributed by atoms with Crippen LogP contribution in [-0.2, 0) is 6.42 Å². The molecule has 5 nitrogen and oxygen atoms in total. The Morgan fingerprint density at radius 3 is 3.16 bits per heavy atom. The van der Waals surface area contributed by atoms with Crippen LogP contribution in [0, 0.1) is 0 Å². The van der Waals surface area contributed by atoms with E-state index in [-0.39, 0.29) is 11.9 Å². The number of nitrogens with one attached hydrogen (secondary N) is 2. The fraction of sp³-hybridized carbons (Fsp3) is 0.429. The number of hydrogen-bond acceptors (Lipinski definition) is 3. The van der Waals surface area contributed by atoms with Crippen molar-refractivity contribution in [2.45, 2.75) is 38.1 Å². The van der Waals surface area contributed by atoms with Crippen LogP contribution in [0.5, 0.6) is 0 Å². The molecule has 1 amide bonds. The zero-order valence-electron chi connectivity index (χ0n) is 10.8. The van der Waals surface area contributed by atoms with Crippen molar-refractivity contribution in [2.75, 3.05) is 0 Å². The number of nitrogens with zero attached hydrogens (tertiary/aromatic N) is 1. The van der Waals surface area contributed by atoms with E-state index in [9.17, 15) is 4.79 Å². The molecule has 0 bridgehead atoms. The highest BCUT2D eigenvalue weighted by atomic mass is 16.3. The molecule has 0 aliphatic heterocycles. The van der Waals surface area contributed by atoms with Crippen molar-refractivity contribution in [1.29, 1.82) is 0 Å². The van der Waals surface area contributed by atoms with E-state index in [2.05, 4.69) is 15.5 Å². The number of carbonyl (C=O) groups excluding carboxylic acids is 1. The average molecular weight is 259 g/mol. The monoisotopic (exact) mass is 259 g/mol. The minimum atomic E-state index is -0.137. The van der Waals surface area contributed by atoms with Crippen LogP contribution in [0.4, 0.5) is 0 Å². The third-order valence-electron chi connectivity index (χ3n) is 3.31. The Hall–Kier alpha value is -2.04. The van der Waals surface area contributed by atoms with E-state index < -0.39 is 0 Å². The van der Waals surface area contributed by atoms with E-state index in [4.69, 9.17) is 4.42 Å². The number of amides is 1. The number of rotatable bonds is 5. The summed E-state index contributed by atoms with van der Waals surface area (Å²) in [4.78, 5) is 12.0. The number of hydrogen-bond donors (Lipinski definition) is 2. The van der Waals surface area contributed by atoms with Crippen LogP contribution in [0.1, 0.15) is 47.6 Å². The van der Waals surface area contributed by atoms with Crippen molar-refractivity contribution in [1.82, 2.24) is 15.5 Å². The van der Waals surface area contributed by atoms with Crippen LogP contribution >= 0.6 is 0 Å². The lowest BCUT2D eigenvalue weighted by Crippen LogP contribution is -2.34. The molecular weight excluding hydrogens is 242 g/mol. The van der Waals surface area contributed by atoms with Crippen molar-refractivity contribution in [3.63, 3.8) is 0 Å². The van der Waals surface area contributed by atoms with Crippen molar-refractivity contribution in [2.24, 2.45) is 0 Å². The SMILES string of the molecule is CC(Cc1ccco1)NC(=O)c1cc(C2CC2)[nH]n1. The Morgan fingerprint density at radius 2 is 2.47 bits per heavy atom. The van der Waals surface area contributed by atoms with Crippen LogP contribution < -0.4 is 5.32 Å². The van der Waals surface area contributed by atoms with Gasteiger partial charge in [-0.2, -0.15) is 5.10 Å². The summed E-state index contributed by atoms with van der Waals surface area (Å²) in [5, 5.41) is 9.93. The third-order valence-corrected chi connectivity index (χ3v) is 3.31. The molecule has 0 spiro atoms. The number of aromatic amines is 1. The largest absolute Gasteiger partial charge is 0.469 e. The van der Waals surface area contributed by atoms with Crippen LogP contribution in [-0.4, -0.2) is 22.1 Å². The quantitative estimate of drug-likeness (QED) is 0.865. The normalized spacial score (nSPS) is 16.3. The van der Waals surface area contributed by atoms with Crippen molar-refractivity contribution < 1.29 is 9.21 Å². The first kappa shape index (κ1) is 12.0. The molecule has 1 saturated carbocycles. The molecule has 1 fully saturated rings. The summed E-state index contributed by atoms with van der Waals surface area (Å²) in [6.07, 6.45) is 4.70. The van der Waals surface area contributed by atoms with Gasteiger partial charge in [-0.1, -0.05) is 0 Å². The molecule has 2 aromatic rings. The third kappa shape index (κ3) is 2.86. The predicted molar refractivity (Wildman–Crippen MR) is 69.9 cm³/mol. The zero-order valence-corrected chi connectivity index (χ0v) is 10.8. The Morgan fingerprint density at radius 1 is 1.63 bits per heavy atom. The minimum Gasteiger partial charge on any atom is -0.469 e. The lowest BCUT2D eigenvalue weighted by atomic mass is 10.2. The summed E-state index contributed by atoms with van der Waals surface area (Å²) in [7, 11) is 0. The lowest BCUT2D eigenvalue weighted by molar-refractivity contribution is 0.0934. The van der Waals surface area contributed by atoms with E-state index in [0.717, 1.165) is 11.5 Å². The average Bonchev–Trinajstić information content (AvgIpc) is 2.91. The molecule has 0 aromatic carbocycles. The van der Waals surface area contributed by atoms with E-state index in [1.165, 1.54) is 12.8 Å². The number of H-pyrrole nitrogens is 1. The molecule has 0 saturated heterocycles. The molecular formula is C14H17N3O2. The first-order valence-corrected chi connectivity index (χ1v) is 6.61. The summed E-state index contributed by atoms with van der Waals surface area (Å²) in [6.45, 7) is 1.95. The molecule has 100 valence electrons. The highest BCUT2D eigenvalue weighted by molar-refractivity contribution is 5.92. The number of aromatic nitrogens is 2. The maximum atomic E-state index is 12.0. The van der Waals surface area contributed by atoms with Crippen LogP contribution in [0.2, 0.25) is 0 Å². The van der Waals surface area contributed by atoms with Crippen LogP contribution in [0.15, 0.2) is 28.9 Å². The smallest absolute Gasteiger partial charge is 0.271 e. The molecule has 1 atom stereocenters. The van der Waals surface area contributed by atoms with Crippen molar-refractivity contribution in [3.8, 4) is 0 Å². The Bertz CT molecular complexity index is 555. The summed E-state index contributed by atoms with van der Waals surface area (Å²) in [5.41, 5.74) is 1.54. The van der Waals surface area contributed by atoms with E-state index in [1.54, 1.807) is 6.26 Å². The fourth-order valence-corrected chi connectivity index (χ4v) is 2.14. The fourth-order valence-electron chi connectivity index (χ4n) is 2.14. The van der Waals surface area contributed by atoms with E-state index in [0.29, 0.717) is 18.0 Å². The summed E-state index contributed by atoms with van der Waals surface area (Å²) in [6, 6.07) is 5.62. The maximum absolute atomic E-state index is 12.0. The van der Waals surface area contributed by atoms with Gasteiger partial charge in [-0.3, -0.25) is 9.89 Å².